The molecule has 0 fully saturated rings. The molecule has 0 atom stereocenters. The Morgan fingerprint density at radius 1 is 1.06 bits per heavy atom. The predicted molar refractivity (Wildman–Crippen MR) is 62.9 cm³/mol. The summed E-state index contributed by atoms with van der Waals surface area (Å²) in [6.45, 7) is 1.16. The van der Waals surface area contributed by atoms with E-state index < -0.39 is 0 Å². The number of nitrogens with zero attached hydrogens (tertiary/aromatic N) is 2. The standard InChI is InChI=1S/C12H11N3O2/c13-12-7-14-6-9(15-12)8-1-2-10-11(5-8)17-4-3-16-10/h1-2,5-7H,3-4H2,(H2,13,15). The molecule has 0 spiro atoms. The van der Waals surface area contributed by atoms with Gasteiger partial charge in [0.25, 0.3) is 0 Å². The van der Waals surface area contributed by atoms with E-state index in [4.69, 9.17) is 15.2 Å². The van der Waals surface area contributed by atoms with Crippen LogP contribution >= 0.6 is 0 Å². The molecular formula is C12H11N3O2. The number of anilines is 1. The maximum atomic E-state index is 5.60. The third-order valence-corrected chi connectivity index (χ3v) is 2.49. The largest absolute Gasteiger partial charge is 0.486 e. The SMILES string of the molecule is Nc1cncc(-c2ccc3c(c2)OCCO3)n1. The molecule has 0 saturated carbocycles. The first-order chi connectivity index (χ1) is 8.33. The molecule has 1 aliphatic rings. The summed E-state index contributed by atoms with van der Waals surface area (Å²) in [5.74, 6) is 1.90. The van der Waals surface area contributed by atoms with E-state index in [2.05, 4.69) is 9.97 Å². The minimum Gasteiger partial charge on any atom is -0.486 e. The van der Waals surface area contributed by atoms with Crippen LogP contribution in [0.25, 0.3) is 11.3 Å². The number of hydrogen-bond donors (Lipinski definition) is 1. The van der Waals surface area contributed by atoms with Crippen molar-refractivity contribution in [2.75, 3.05) is 18.9 Å². The number of benzene rings is 1. The van der Waals surface area contributed by atoms with Gasteiger partial charge in [-0.25, -0.2) is 4.98 Å². The quantitative estimate of drug-likeness (QED) is 0.802. The zero-order valence-corrected chi connectivity index (χ0v) is 9.09. The van der Waals surface area contributed by atoms with Crippen LogP contribution < -0.4 is 15.2 Å². The number of ether oxygens (including phenoxy) is 2. The van der Waals surface area contributed by atoms with Crippen LogP contribution in [-0.4, -0.2) is 23.2 Å². The van der Waals surface area contributed by atoms with Gasteiger partial charge in [0.15, 0.2) is 11.5 Å². The molecule has 1 aromatic carbocycles. The maximum Gasteiger partial charge on any atom is 0.162 e. The van der Waals surface area contributed by atoms with Gasteiger partial charge in [0.05, 0.1) is 18.1 Å². The Labute approximate surface area is 98.2 Å². The normalized spacial score (nSPS) is 13.4. The molecule has 2 N–H and O–H groups in total. The summed E-state index contributed by atoms with van der Waals surface area (Å²) < 4.78 is 11.0. The number of rotatable bonds is 1. The molecule has 1 aliphatic heterocycles. The molecule has 2 aromatic rings. The van der Waals surface area contributed by atoms with Crippen LogP contribution in [-0.2, 0) is 0 Å². The lowest BCUT2D eigenvalue weighted by Crippen LogP contribution is -2.15. The zero-order valence-electron chi connectivity index (χ0n) is 9.09. The molecule has 5 nitrogen and oxygen atoms in total. The Balaban J connectivity index is 2.04. The second kappa shape index (κ2) is 3.93. The molecule has 86 valence electrons. The van der Waals surface area contributed by atoms with Gasteiger partial charge in [0.1, 0.15) is 19.0 Å². The van der Waals surface area contributed by atoms with Gasteiger partial charge in [0, 0.05) is 5.56 Å². The third kappa shape index (κ3) is 1.87. The van der Waals surface area contributed by atoms with Crippen molar-refractivity contribution in [1.82, 2.24) is 9.97 Å². The summed E-state index contributed by atoms with van der Waals surface area (Å²) in [5, 5.41) is 0. The molecular weight excluding hydrogens is 218 g/mol. The van der Waals surface area contributed by atoms with E-state index in [9.17, 15) is 0 Å². The van der Waals surface area contributed by atoms with Gasteiger partial charge in [-0.3, -0.25) is 4.98 Å². The van der Waals surface area contributed by atoms with E-state index in [-0.39, 0.29) is 0 Å². The lowest BCUT2D eigenvalue weighted by Gasteiger charge is -2.18. The van der Waals surface area contributed by atoms with Crippen molar-refractivity contribution in [3.63, 3.8) is 0 Å². The fourth-order valence-corrected chi connectivity index (χ4v) is 1.72. The monoisotopic (exact) mass is 229 g/mol. The van der Waals surface area contributed by atoms with Gasteiger partial charge in [-0.1, -0.05) is 0 Å². The van der Waals surface area contributed by atoms with Gasteiger partial charge >= 0.3 is 0 Å². The second-order valence-corrected chi connectivity index (χ2v) is 3.69. The first-order valence-corrected chi connectivity index (χ1v) is 5.30. The van der Waals surface area contributed by atoms with Crippen molar-refractivity contribution in [1.29, 1.82) is 0 Å². The summed E-state index contributed by atoms with van der Waals surface area (Å²) in [6.07, 6.45) is 3.18. The van der Waals surface area contributed by atoms with Crippen LogP contribution in [0.4, 0.5) is 5.82 Å². The van der Waals surface area contributed by atoms with Gasteiger partial charge in [0.2, 0.25) is 0 Å². The summed E-state index contributed by atoms with van der Waals surface area (Å²) in [7, 11) is 0. The van der Waals surface area contributed by atoms with Gasteiger partial charge in [-0.15, -0.1) is 0 Å². The summed E-state index contributed by atoms with van der Waals surface area (Å²) in [6, 6.07) is 5.67. The second-order valence-electron chi connectivity index (χ2n) is 3.69. The van der Waals surface area contributed by atoms with Crippen molar-refractivity contribution in [2.45, 2.75) is 0 Å². The number of aromatic nitrogens is 2. The Morgan fingerprint density at radius 3 is 2.71 bits per heavy atom. The first kappa shape index (κ1) is 9.89. The minimum atomic E-state index is 0.400. The van der Waals surface area contributed by atoms with Crippen LogP contribution in [0.5, 0.6) is 11.5 Å². The van der Waals surface area contributed by atoms with E-state index in [0.29, 0.717) is 19.0 Å². The average molecular weight is 229 g/mol. The Bertz CT molecular complexity index is 557. The molecule has 0 aliphatic carbocycles. The minimum absolute atomic E-state index is 0.400. The number of hydrogen-bond acceptors (Lipinski definition) is 5. The summed E-state index contributed by atoms with van der Waals surface area (Å²) in [5.41, 5.74) is 7.24. The molecule has 0 unspecified atom stereocenters. The first-order valence-electron chi connectivity index (χ1n) is 5.30. The molecule has 3 rings (SSSR count). The van der Waals surface area contributed by atoms with Crippen LogP contribution in [0.2, 0.25) is 0 Å². The maximum absolute atomic E-state index is 5.60. The Kier molecular flexibility index (Phi) is 2.29. The van der Waals surface area contributed by atoms with Crippen LogP contribution in [0.1, 0.15) is 0 Å². The topological polar surface area (TPSA) is 70.3 Å². The van der Waals surface area contributed by atoms with E-state index in [1.54, 1.807) is 6.20 Å². The molecule has 2 heterocycles. The van der Waals surface area contributed by atoms with E-state index >= 15 is 0 Å². The zero-order chi connectivity index (χ0) is 11.7. The van der Waals surface area contributed by atoms with E-state index in [1.807, 2.05) is 18.2 Å². The van der Waals surface area contributed by atoms with Gasteiger partial charge in [-0.05, 0) is 18.2 Å². The van der Waals surface area contributed by atoms with Crippen LogP contribution in [0.15, 0.2) is 30.6 Å². The molecule has 5 heteroatoms. The van der Waals surface area contributed by atoms with Crippen molar-refractivity contribution >= 4 is 5.82 Å². The lowest BCUT2D eigenvalue weighted by atomic mass is 10.1. The lowest BCUT2D eigenvalue weighted by molar-refractivity contribution is 0.171. The molecule has 1 aromatic heterocycles. The highest BCUT2D eigenvalue weighted by atomic mass is 16.6. The highest BCUT2D eigenvalue weighted by Gasteiger charge is 2.12. The Hall–Kier alpha value is -2.30. The van der Waals surface area contributed by atoms with E-state index in [0.717, 1.165) is 22.8 Å². The molecule has 17 heavy (non-hydrogen) atoms. The van der Waals surface area contributed by atoms with Crippen LogP contribution in [0, 0.1) is 0 Å². The number of nitrogen functional groups attached to an aromatic ring is 1. The molecule has 0 amide bonds. The molecule has 0 radical (unpaired) electrons. The van der Waals surface area contributed by atoms with Gasteiger partial charge in [-0.2, -0.15) is 0 Å². The van der Waals surface area contributed by atoms with Crippen molar-refractivity contribution in [3.05, 3.63) is 30.6 Å². The van der Waals surface area contributed by atoms with Crippen LogP contribution in [0.3, 0.4) is 0 Å². The average Bonchev–Trinajstić information content (AvgIpc) is 2.38. The smallest absolute Gasteiger partial charge is 0.162 e. The van der Waals surface area contributed by atoms with Gasteiger partial charge < -0.3 is 15.2 Å². The van der Waals surface area contributed by atoms with E-state index in [1.165, 1.54) is 6.20 Å². The van der Waals surface area contributed by atoms with Crippen molar-refractivity contribution in [3.8, 4) is 22.8 Å². The predicted octanol–water partition coefficient (Wildman–Crippen LogP) is 1.50. The fourth-order valence-electron chi connectivity index (χ4n) is 1.72. The summed E-state index contributed by atoms with van der Waals surface area (Å²) in [4.78, 5) is 8.22. The third-order valence-electron chi connectivity index (χ3n) is 2.49. The number of fused-ring (bicyclic) bond motifs is 1. The highest BCUT2D eigenvalue weighted by Crippen LogP contribution is 2.33. The summed E-state index contributed by atoms with van der Waals surface area (Å²) >= 11 is 0. The fraction of sp³-hybridized carbons (Fsp3) is 0.167. The van der Waals surface area contributed by atoms with Crippen molar-refractivity contribution < 1.29 is 9.47 Å². The Morgan fingerprint density at radius 2 is 1.88 bits per heavy atom. The molecule has 0 bridgehead atoms. The molecule has 0 saturated heterocycles. The highest BCUT2D eigenvalue weighted by molar-refractivity contribution is 5.64. The van der Waals surface area contributed by atoms with Crippen molar-refractivity contribution in [2.24, 2.45) is 0 Å². The number of nitrogens with two attached hydrogens (primary N) is 1.